The summed E-state index contributed by atoms with van der Waals surface area (Å²) < 4.78 is 23.0. The molecule has 6 aromatic rings. The molecule has 0 aliphatic carbocycles. The third-order valence-electron chi connectivity index (χ3n) is 6.22. The number of para-hydroxylation sites is 1. The average Bonchev–Trinajstić information content (AvgIpc) is 3.37. The summed E-state index contributed by atoms with van der Waals surface area (Å²) >= 11 is 6.25. The first kappa shape index (κ1) is 23.6. The molecular formula is C31H19ClO6. The predicted molar refractivity (Wildman–Crippen MR) is 146 cm³/mol. The van der Waals surface area contributed by atoms with E-state index in [9.17, 15) is 9.59 Å². The summed E-state index contributed by atoms with van der Waals surface area (Å²) in [6.07, 6.45) is 0. The lowest BCUT2D eigenvalue weighted by Gasteiger charge is -2.13. The molecule has 0 radical (unpaired) electrons. The van der Waals surface area contributed by atoms with Gasteiger partial charge < -0.3 is 18.3 Å². The van der Waals surface area contributed by atoms with Gasteiger partial charge in [-0.1, -0.05) is 66.2 Å². The Morgan fingerprint density at radius 1 is 0.789 bits per heavy atom. The van der Waals surface area contributed by atoms with Gasteiger partial charge in [0, 0.05) is 28.0 Å². The maximum Gasteiger partial charge on any atom is 0.345 e. The maximum atomic E-state index is 13.1. The minimum Gasteiger partial charge on any atom is -0.493 e. The molecule has 0 aliphatic heterocycles. The second-order valence-electron chi connectivity index (χ2n) is 8.55. The van der Waals surface area contributed by atoms with Crippen LogP contribution in [0.2, 0.25) is 5.02 Å². The van der Waals surface area contributed by atoms with Gasteiger partial charge in [-0.25, -0.2) is 9.59 Å². The van der Waals surface area contributed by atoms with E-state index in [2.05, 4.69) is 0 Å². The summed E-state index contributed by atoms with van der Waals surface area (Å²) in [6.45, 7) is 0. The van der Waals surface area contributed by atoms with Crippen molar-refractivity contribution in [3.05, 3.63) is 118 Å². The fourth-order valence-electron chi connectivity index (χ4n) is 4.43. The molecule has 6 nitrogen and oxygen atoms in total. The van der Waals surface area contributed by atoms with E-state index in [1.165, 1.54) is 6.07 Å². The second-order valence-corrected chi connectivity index (χ2v) is 8.96. The fourth-order valence-corrected chi connectivity index (χ4v) is 4.64. The smallest absolute Gasteiger partial charge is 0.345 e. The van der Waals surface area contributed by atoms with Crippen molar-refractivity contribution in [1.29, 1.82) is 0 Å². The van der Waals surface area contributed by atoms with Crippen molar-refractivity contribution in [1.82, 2.24) is 0 Å². The molecule has 2 heterocycles. The van der Waals surface area contributed by atoms with Gasteiger partial charge in [-0.3, -0.25) is 0 Å². The Balaban J connectivity index is 1.57. The zero-order valence-corrected chi connectivity index (χ0v) is 20.8. The van der Waals surface area contributed by atoms with Crippen LogP contribution in [-0.4, -0.2) is 13.1 Å². The van der Waals surface area contributed by atoms with Crippen LogP contribution >= 0.6 is 11.6 Å². The fraction of sp³-hybridized carbons (Fsp3) is 0.0323. The third-order valence-corrected chi connectivity index (χ3v) is 6.55. The molecule has 0 saturated carbocycles. The Morgan fingerprint density at radius 3 is 2.37 bits per heavy atom. The lowest BCUT2D eigenvalue weighted by molar-refractivity contribution is 0.0736. The zero-order valence-electron chi connectivity index (χ0n) is 20.1. The normalized spacial score (nSPS) is 11.1. The summed E-state index contributed by atoms with van der Waals surface area (Å²) in [5.41, 5.74) is 2.40. The van der Waals surface area contributed by atoms with E-state index in [-0.39, 0.29) is 16.3 Å². The quantitative estimate of drug-likeness (QED) is 0.131. The molecular weight excluding hydrogens is 504 g/mol. The van der Waals surface area contributed by atoms with Crippen LogP contribution in [0.1, 0.15) is 10.4 Å². The molecule has 0 fully saturated rings. The molecule has 38 heavy (non-hydrogen) atoms. The first-order valence-corrected chi connectivity index (χ1v) is 12.1. The summed E-state index contributed by atoms with van der Waals surface area (Å²) in [5, 5.41) is 1.62. The van der Waals surface area contributed by atoms with E-state index in [1.807, 2.05) is 48.5 Å². The van der Waals surface area contributed by atoms with E-state index in [0.717, 1.165) is 10.9 Å². The van der Waals surface area contributed by atoms with Gasteiger partial charge in [-0.15, -0.1) is 0 Å². The number of rotatable bonds is 5. The average molecular weight is 523 g/mol. The van der Waals surface area contributed by atoms with Crippen molar-refractivity contribution in [2.75, 3.05) is 7.11 Å². The van der Waals surface area contributed by atoms with Crippen molar-refractivity contribution in [2.45, 2.75) is 0 Å². The zero-order chi connectivity index (χ0) is 26.2. The van der Waals surface area contributed by atoms with Crippen LogP contribution in [0, 0.1) is 0 Å². The molecule has 0 spiro atoms. The van der Waals surface area contributed by atoms with Gasteiger partial charge in [0.15, 0.2) is 11.3 Å². The molecule has 0 bridgehead atoms. The number of fused-ring (bicyclic) bond motifs is 2. The third kappa shape index (κ3) is 4.21. The van der Waals surface area contributed by atoms with E-state index in [0.29, 0.717) is 39.2 Å². The van der Waals surface area contributed by atoms with Crippen LogP contribution in [-0.2, 0) is 0 Å². The number of benzene rings is 4. The van der Waals surface area contributed by atoms with Gasteiger partial charge in [-0.05, 0) is 42.0 Å². The highest BCUT2D eigenvalue weighted by Crippen LogP contribution is 2.40. The number of carbonyl (C=O) groups is 1. The minimum atomic E-state index is -0.612. The Bertz CT molecular complexity index is 1880. The van der Waals surface area contributed by atoms with Gasteiger partial charge in [0.05, 0.1) is 17.7 Å². The second kappa shape index (κ2) is 9.57. The van der Waals surface area contributed by atoms with Crippen LogP contribution in [0.4, 0.5) is 0 Å². The van der Waals surface area contributed by atoms with Crippen molar-refractivity contribution < 1.29 is 23.1 Å². The van der Waals surface area contributed by atoms with E-state index < -0.39 is 11.6 Å². The summed E-state index contributed by atoms with van der Waals surface area (Å²) in [7, 11) is 1.56. The Kier molecular flexibility index (Phi) is 5.94. The first-order chi connectivity index (χ1) is 18.5. The topological polar surface area (TPSA) is 78.9 Å². The van der Waals surface area contributed by atoms with Crippen molar-refractivity contribution in [3.8, 4) is 33.9 Å². The number of hydrogen-bond acceptors (Lipinski definition) is 6. The van der Waals surface area contributed by atoms with Crippen molar-refractivity contribution >= 4 is 39.5 Å². The monoisotopic (exact) mass is 522 g/mol. The molecule has 0 atom stereocenters. The Labute approximate surface area is 221 Å². The highest BCUT2D eigenvalue weighted by molar-refractivity contribution is 6.33. The number of furan rings is 1. The molecule has 4 aromatic carbocycles. The van der Waals surface area contributed by atoms with Crippen molar-refractivity contribution in [3.63, 3.8) is 0 Å². The number of carbonyl (C=O) groups excluding carboxylic acids is 1. The van der Waals surface area contributed by atoms with Crippen LogP contribution < -0.4 is 15.1 Å². The number of halogens is 1. The number of esters is 1. The number of ether oxygens (including phenoxy) is 2. The van der Waals surface area contributed by atoms with E-state index in [4.69, 9.17) is 29.9 Å². The molecule has 2 aromatic heterocycles. The van der Waals surface area contributed by atoms with Gasteiger partial charge >= 0.3 is 11.6 Å². The van der Waals surface area contributed by atoms with Crippen LogP contribution in [0.15, 0.2) is 111 Å². The van der Waals surface area contributed by atoms with E-state index in [1.54, 1.807) is 49.6 Å². The maximum absolute atomic E-state index is 13.1. The molecule has 0 amide bonds. The molecule has 7 heteroatoms. The Morgan fingerprint density at radius 2 is 1.58 bits per heavy atom. The number of methoxy groups -OCH3 is 1. The van der Waals surface area contributed by atoms with Crippen LogP contribution in [0.5, 0.6) is 11.5 Å². The summed E-state index contributed by atoms with van der Waals surface area (Å²) in [6, 6.07) is 28.1. The van der Waals surface area contributed by atoms with Crippen molar-refractivity contribution in [2.24, 2.45) is 0 Å². The lowest BCUT2D eigenvalue weighted by Crippen LogP contribution is -2.10. The molecule has 0 saturated heterocycles. The van der Waals surface area contributed by atoms with Gasteiger partial charge in [0.2, 0.25) is 0 Å². The van der Waals surface area contributed by atoms with E-state index >= 15 is 0 Å². The Hall–Kier alpha value is -4.81. The minimum absolute atomic E-state index is 0.234. The summed E-state index contributed by atoms with van der Waals surface area (Å²) in [5.74, 6) is 0.678. The predicted octanol–water partition coefficient (Wildman–Crippen LogP) is 7.75. The molecule has 6 rings (SSSR count). The van der Waals surface area contributed by atoms with Gasteiger partial charge in [0.25, 0.3) is 0 Å². The highest BCUT2D eigenvalue weighted by Gasteiger charge is 2.20. The summed E-state index contributed by atoms with van der Waals surface area (Å²) in [4.78, 5) is 25.8. The molecule has 0 aliphatic rings. The molecule has 0 N–H and O–H groups in total. The van der Waals surface area contributed by atoms with Gasteiger partial charge in [0.1, 0.15) is 17.1 Å². The molecule has 0 unspecified atom stereocenters. The largest absolute Gasteiger partial charge is 0.493 e. The van der Waals surface area contributed by atoms with Crippen LogP contribution in [0.25, 0.3) is 44.4 Å². The standard InChI is InChI=1S/C31H19ClO6/c1-35-25-13-7-10-19-14-26(37-30(19)25)23-17-29(33)36-28-15-21(18-8-3-2-4-9-18)27(16-22(23)28)38-31(34)20-11-5-6-12-24(20)32/h2-17H,1H3. The number of hydrogen-bond donors (Lipinski definition) is 0. The lowest BCUT2D eigenvalue weighted by atomic mass is 10.00. The molecule has 186 valence electrons. The van der Waals surface area contributed by atoms with Gasteiger partial charge in [-0.2, -0.15) is 0 Å². The highest BCUT2D eigenvalue weighted by atomic mass is 35.5. The SMILES string of the molecule is COc1cccc2cc(-c3cc(=O)oc4cc(-c5ccccc5)c(OC(=O)c5ccccc5Cl)cc34)oc12. The first-order valence-electron chi connectivity index (χ1n) is 11.7. The van der Waals surface area contributed by atoms with Crippen LogP contribution in [0.3, 0.4) is 0 Å².